The van der Waals surface area contributed by atoms with Gasteiger partial charge in [0, 0.05) is 25.7 Å². The number of benzene rings is 2. The average molecular weight is 480 g/mol. The second-order valence-corrected chi connectivity index (χ2v) is 7.35. The van der Waals surface area contributed by atoms with Gasteiger partial charge in [0.15, 0.2) is 11.9 Å². The number of anilines is 1. The van der Waals surface area contributed by atoms with Gasteiger partial charge in [0.2, 0.25) is 5.82 Å². The number of aryl methyl sites for hydroxylation is 1. The second kappa shape index (κ2) is 9.89. The number of aromatic nitrogens is 3. The summed E-state index contributed by atoms with van der Waals surface area (Å²) in [6.07, 6.45) is -5.51. The van der Waals surface area contributed by atoms with Crippen LogP contribution in [-0.2, 0) is 7.05 Å². The standard InChI is InChI=1S/C22H20F4N4O4/c1-11-6-4-5-7-15(11)27-21(32)13-8-14(24)16(9-17(13)34-18(10-23)19(25)26)30-22(33)29(3)20(28-30)12(2)31/h4-9,18-19H,10H2,1-3H3,(H,27,32)/t18-/m0/s1. The number of Topliss-reactive ketones (excluding diaryl/α,β-unsaturated/α-hetero) is 1. The maximum absolute atomic E-state index is 15.0. The Morgan fingerprint density at radius 1 is 1.21 bits per heavy atom. The summed E-state index contributed by atoms with van der Waals surface area (Å²) in [5, 5.41) is 6.28. The van der Waals surface area contributed by atoms with Gasteiger partial charge in [-0.3, -0.25) is 14.2 Å². The maximum Gasteiger partial charge on any atom is 0.350 e. The third-order valence-electron chi connectivity index (χ3n) is 4.92. The predicted octanol–water partition coefficient (Wildman–Crippen LogP) is 3.46. The molecular weight excluding hydrogens is 460 g/mol. The molecule has 0 aliphatic carbocycles. The molecule has 2 aromatic carbocycles. The van der Waals surface area contributed by atoms with Gasteiger partial charge in [-0.05, 0) is 24.6 Å². The van der Waals surface area contributed by atoms with Gasteiger partial charge < -0.3 is 10.1 Å². The molecule has 3 aromatic rings. The Bertz CT molecular complexity index is 1300. The first-order valence-corrected chi connectivity index (χ1v) is 9.93. The average Bonchev–Trinajstić information content (AvgIpc) is 3.08. The highest BCUT2D eigenvalue weighted by atomic mass is 19.3. The number of para-hydroxylation sites is 1. The zero-order chi connectivity index (χ0) is 25.2. The van der Waals surface area contributed by atoms with E-state index < -0.39 is 59.4 Å². The van der Waals surface area contributed by atoms with E-state index in [2.05, 4.69) is 10.4 Å². The van der Waals surface area contributed by atoms with Gasteiger partial charge in [0.1, 0.15) is 23.9 Å². The minimum absolute atomic E-state index is 0.289. The molecule has 0 radical (unpaired) electrons. The number of carbonyl (C=O) groups excluding carboxylic acids is 2. The Kier molecular flexibility index (Phi) is 7.18. The van der Waals surface area contributed by atoms with Gasteiger partial charge in [0.05, 0.1) is 5.56 Å². The molecule has 1 amide bonds. The first-order chi connectivity index (χ1) is 16.0. The van der Waals surface area contributed by atoms with Crippen LogP contribution in [0.4, 0.5) is 23.2 Å². The number of nitrogens with zero attached hydrogens (tertiary/aromatic N) is 3. The van der Waals surface area contributed by atoms with Crippen LogP contribution in [0.1, 0.15) is 33.5 Å². The maximum atomic E-state index is 15.0. The van der Waals surface area contributed by atoms with E-state index in [1.165, 1.54) is 7.05 Å². The van der Waals surface area contributed by atoms with Crippen molar-refractivity contribution in [2.45, 2.75) is 26.4 Å². The number of rotatable bonds is 8. The van der Waals surface area contributed by atoms with Crippen molar-refractivity contribution < 1.29 is 31.9 Å². The van der Waals surface area contributed by atoms with E-state index in [1.54, 1.807) is 31.2 Å². The number of amides is 1. The highest BCUT2D eigenvalue weighted by Gasteiger charge is 2.27. The van der Waals surface area contributed by atoms with Gasteiger partial charge >= 0.3 is 5.69 Å². The van der Waals surface area contributed by atoms with E-state index in [1.807, 2.05) is 0 Å². The lowest BCUT2D eigenvalue weighted by atomic mass is 10.1. The SMILES string of the molecule is CC(=O)c1nn(-c2cc(O[C@@H](CF)C(F)F)c(C(=O)Nc3ccccc3C)cc2F)c(=O)n1C. The van der Waals surface area contributed by atoms with E-state index in [-0.39, 0.29) is 5.82 Å². The summed E-state index contributed by atoms with van der Waals surface area (Å²) in [7, 11) is 1.23. The third kappa shape index (κ3) is 4.85. The Balaban J connectivity index is 2.15. The first kappa shape index (κ1) is 24.7. The lowest BCUT2D eigenvalue weighted by Crippen LogP contribution is -2.29. The molecule has 180 valence electrons. The fourth-order valence-corrected chi connectivity index (χ4v) is 3.10. The highest BCUT2D eigenvalue weighted by molar-refractivity contribution is 6.06. The molecule has 0 saturated heterocycles. The van der Waals surface area contributed by atoms with Crippen LogP contribution in [0, 0.1) is 12.7 Å². The molecule has 8 nitrogen and oxygen atoms in total. The molecule has 0 aliphatic rings. The molecule has 0 spiro atoms. The fourth-order valence-electron chi connectivity index (χ4n) is 3.10. The lowest BCUT2D eigenvalue weighted by molar-refractivity contribution is -0.00159. The number of hydrogen-bond acceptors (Lipinski definition) is 5. The molecule has 0 unspecified atom stereocenters. The molecule has 0 fully saturated rings. The molecule has 3 rings (SSSR count). The van der Waals surface area contributed by atoms with Crippen LogP contribution in [0.5, 0.6) is 5.75 Å². The Hall–Kier alpha value is -3.96. The van der Waals surface area contributed by atoms with Crippen molar-refractivity contribution >= 4 is 17.4 Å². The van der Waals surface area contributed by atoms with Crippen LogP contribution in [0.3, 0.4) is 0 Å². The number of alkyl halides is 3. The van der Waals surface area contributed by atoms with E-state index in [4.69, 9.17) is 4.74 Å². The van der Waals surface area contributed by atoms with Gasteiger partial charge in [0.25, 0.3) is 12.3 Å². The van der Waals surface area contributed by atoms with E-state index in [9.17, 15) is 27.6 Å². The first-order valence-electron chi connectivity index (χ1n) is 9.93. The quantitative estimate of drug-likeness (QED) is 0.394. The van der Waals surface area contributed by atoms with Crippen molar-refractivity contribution in [2.24, 2.45) is 7.05 Å². The molecule has 1 N–H and O–H groups in total. The smallest absolute Gasteiger partial charge is 0.350 e. The summed E-state index contributed by atoms with van der Waals surface area (Å²) in [6.45, 7) is 1.25. The topological polar surface area (TPSA) is 95.2 Å². The Morgan fingerprint density at radius 2 is 1.88 bits per heavy atom. The largest absolute Gasteiger partial charge is 0.481 e. The van der Waals surface area contributed by atoms with Gasteiger partial charge in [-0.25, -0.2) is 22.4 Å². The minimum atomic E-state index is -3.26. The van der Waals surface area contributed by atoms with Crippen LogP contribution in [0.25, 0.3) is 5.69 Å². The zero-order valence-corrected chi connectivity index (χ0v) is 18.3. The summed E-state index contributed by atoms with van der Waals surface area (Å²) in [4.78, 5) is 37.0. The Labute approximate surface area is 190 Å². The number of halogens is 4. The number of nitrogens with one attached hydrogen (secondary N) is 1. The van der Waals surface area contributed by atoms with Crippen molar-refractivity contribution in [1.29, 1.82) is 0 Å². The number of ketones is 1. The van der Waals surface area contributed by atoms with Crippen LogP contribution < -0.4 is 15.7 Å². The summed E-state index contributed by atoms with van der Waals surface area (Å²) >= 11 is 0. The summed E-state index contributed by atoms with van der Waals surface area (Å²) in [5.74, 6) is -3.53. The molecule has 0 aliphatic heterocycles. The monoisotopic (exact) mass is 480 g/mol. The third-order valence-corrected chi connectivity index (χ3v) is 4.92. The molecule has 0 saturated carbocycles. The van der Waals surface area contributed by atoms with Crippen LogP contribution in [-0.4, -0.2) is 45.2 Å². The Morgan fingerprint density at radius 3 is 2.44 bits per heavy atom. The molecule has 0 bridgehead atoms. The van der Waals surface area contributed by atoms with Gasteiger partial charge in [-0.2, -0.15) is 4.68 Å². The molecule has 1 heterocycles. The van der Waals surface area contributed by atoms with Crippen molar-refractivity contribution in [3.05, 3.63) is 69.7 Å². The molecule has 1 atom stereocenters. The van der Waals surface area contributed by atoms with Crippen LogP contribution in [0.2, 0.25) is 0 Å². The predicted molar refractivity (Wildman–Crippen MR) is 114 cm³/mol. The summed E-state index contributed by atoms with van der Waals surface area (Å²) < 4.78 is 61.0. The van der Waals surface area contributed by atoms with Crippen LogP contribution in [0.15, 0.2) is 41.2 Å². The van der Waals surface area contributed by atoms with Crippen molar-refractivity contribution in [3.8, 4) is 11.4 Å². The van der Waals surface area contributed by atoms with Crippen molar-refractivity contribution in [3.63, 3.8) is 0 Å². The van der Waals surface area contributed by atoms with E-state index >= 15 is 4.39 Å². The van der Waals surface area contributed by atoms with E-state index in [0.29, 0.717) is 22.0 Å². The van der Waals surface area contributed by atoms with Gasteiger partial charge in [-0.1, -0.05) is 18.2 Å². The number of carbonyl (C=O) groups is 2. The number of ether oxygens (including phenoxy) is 1. The van der Waals surface area contributed by atoms with Crippen LogP contribution >= 0.6 is 0 Å². The number of hydrogen-bond donors (Lipinski definition) is 1. The highest BCUT2D eigenvalue weighted by Crippen LogP contribution is 2.28. The molecule has 12 heteroatoms. The zero-order valence-electron chi connectivity index (χ0n) is 18.3. The fraction of sp³-hybridized carbons (Fsp3) is 0.273. The minimum Gasteiger partial charge on any atom is -0.481 e. The van der Waals surface area contributed by atoms with Gasteiger partial charge in [-0.15, -0.1) is 5.10 Å². The van der Waals surface area contributed by atoms with E-state index in [0.717, 1.165) is 17.6 Å². The normalized spacial score (nSPS) is 12.0. The molecule has 34 heavy (non-hydrogen) atoms. The van der Waals surface area contributed by atoms with Crippen molar-refractivity contribution in [2.75, 3.05) is 12.0 Å². The molecular formula is C22H20F4N4O4. The van der Waals surface area contributed by atoms with Crippen molar-refractivity contribution in [1.82, 2.24) is 14.3 Å². The molecule has 1 aromatic heterocycles. The second-order valence-electron chi connectivity index (χ2n) is 7.35. The lowest BCUT2D eigenvalue weighted by Gasteiger charge is -2.19. The summed E-state index contributed by atoms with van der Waals surface area (Å²) in [5.41, 5.74) is -0.975. The summed E-state index contributed by atoms with van der Waals surface area (Å²) in [6, 6.07) is 8.08.